The van der Waals surface area contributed by atoms with Gasteiger partial charge in [-0.15, -0.1) is 0 Å². The van der Waals surface area contributed by atoms with Crippen LogP contribution in [-0.4, -0.2) is 20.0 Å². The lowest BCUT2D eigenvalue weighted by atomic mass is 10.1. The van der Waals surface area contributed by atoms with Crippen LogP contribution < -0.4 is 0 Å². The molecule has 0 fully saturated rings. The van der Waals surface area contributed by atoms with Gasteiger partial charge in [0.15, 0.2) is 6.29 Å². The molecule has 0 saturated carbocycles. The summed E-state index contributed by atoms with van der Waals surface area (Å²) in [7, 11) is 1.65. The molecule has 0 aromatic rings. The van der Waals surface area contributed by atoms with Crippen molar-refractivity contribution in [2.45, 2.75) is 46.8 Å². The van der Waals surface area contributed by atoms with Crippen LogP contribution in [0.15, 0.2) is 23.3 Å². The van der Waals surface area contributed by atoms with Gasteiger partial charge in [0.1, 0.15) is 0 Å². The van der Waals surface area contributed by atoms with E-state index in [1.165, 1.54) is 11.1 Å². The molecule has 0 rings (SSSR count). The largest absolute Gasteiger partial charge is 0.356 e. The highest BCUT2D eigenvalue weighted by atomic mass is 16.7. The van der Waals surface area contributed by atoms with Crippen LogP contribution in [-0.2, 0) is 9.47 Å². The minimum Gasteiger partial charge on any atom is -0.356 e. The average Bonchev–Trinajstić information content (AvgIpc) is 2.17. The van der Waals surface area contributed by atoms with E-state index in [0.717, 1.165) is 12.8 Å². The maximum absolute atomic E-state index is 5.38. The van der Waals surface area contributed by atoms with Gasteiger partial charge >= 0.3 is 0 Å². The molecule has 0 amide bonds. The van der Waals surface area contributed by atoms with E-state index in [9.17, 15) is 0 Å². The van der Waals surface area contributed by atoms with Crippen molar-refractivity contribution in [3.8, 4) is 0 Å². The molecule has 0 heterocycles. The fraction of sp³-hybridized carbons (Fsp3) is 0.692. The van der Waals surface area contributed by atoms with Crippen LogP contribution in [0.5, 0.6) is 0 Å². The van der Waals surface area contributed by atoms with Gasteiger partial charge in [0.05, 0.1) is 6.61 Å². The maximum Gasteiger partial charge on any atom is 0.154 e. The van der Waals surface area contributed by atoms with Crippen LogP contribution in [0.4, 0.5) is 0 Å². The summed E-state index contributed by atoms with van der Waals surface area (Å²) in [5, 5.41) is 0. The summed E-state index contributed by atoms with van der Waals surface area (Å²) in [6.45, 7) is 8.92. The minimum atomic E-state index is -0.119. The normalized spacial score (nSPS) is 13.8. The van der Waals surface area contributed by atoms with Gasteiger partial charge in [-0.2, -0.15) is 0 Å². The Morgan fingerprint density at radius 3 is 2.40 bits per heavy atom. The Morgan fingerprint density at radius 1 is 1.20 bits per heavy atom. The van der Waals surface area contributed by atoms with Crippen molar-refractivity contribution >= 4 is 0 Å². The summed E-state index contributed by atoms with van der Waals surface area (Å²) in [4.78, 5) is 0. The summed E-state index contributed by atoms with van der Waals surface area (Å²) in [5.74, 6) is 0. The summed E-state index contributed by atoms with van der Waals surface area (Å²) < 4.78 is 10.4. The topological polar surface area (TPSA) is 18.5 Å². The molecule has 2 heteroatoms. The van der Waals surface area contributed by atoms with Gasteiger partial charge < -0.3 is 9.47 Å². The van der Waals surface area contributed by atoms with Crippen molar-refractivity contribution in [2.75, 3.05) is 13.7 Å². The van der Waals surface area contributed by atoms with Crippen LogP contribution >= 0.6 is 0 Å². The predicted molar refractivity (Wildman–Crippen MR) is 64.8 cm³/mol. The second-order valence-electron chi connectivity index (χ2n) is 4.01. The molecular weight excluding hydrogens is 188 g/mol. The van der Waals surface area contributed by atoms with Crippen molar-refractivity contribution in [1.82, 2.24) is 0 Å². The molecule has 1 atom stereocenters. The third-order valence-corrected chi connectivity index (χ3v) is 2.19. The Morgan fingerprint density at radius 2 is 1.87 bits per heavy atom. The second-order valence-corrected chi connectivity index (χ2v) is 4.01. The highest BCUT2D eigenvalue weighted by Crippen LogP contribution is 2.06. The Hall–Kier alpha value is -0.600. The van der Waals surface area contributed by atoms with Crippen molar-refractivity contribution in [1.29, 1.82) is 0 Å². The SMILES string of the molecule is COC(C)OC/C=C(\C)CCC=C(C)C. The molecule has 0 aliphatic carbocycles. The molecule has 0 aromatic heterocycles. The van der Waals surface area contributed by atoms with E-state index < -0.39 is 0 Å². The van der Waals surface area contributed by atoms with E-state index >= 15 is 0 Å². The number of rotatable bonds is 7. The first-order chi connectivity index (χ1) is 7.06. The molecule has 0 radical (unpaired) electrons. The van der Waals surface area contributed by atoms with Gasteiger partial charge in [-0.1, -0.05) is 23.3 Å². The van der Waals surface area contributed by atoms with Crippen molar-refractivity contribution < 1.29 is 9.47 Å². The lowest BCUT2D eigenvalue weighted by Gasteiger charge is -2.08. The van der Waals surface area contributed by atoms with Crippen LogP contribution in [0.2, 0.25) is 0 Å². The molecule has 0 saturated heterocycles. The molecule has 2 nitrogen and oxygen atoms in total. The Kier molecular flexibility index (Phi) is 8.34. The van der Waals surface area contributed by atoms with Gasteiger partial charge in [-0.25, -0.2) is 0 Å². The molecule has 88 valence electrons. The van der Waals surface area contributed by atoms with E-state index in [2.05, 4.69) is 32.9 Å². The fourth-order valence-electron chi connectivity index (χ4n) is 1.08. The smallest absolute Gasteiger partial charge is 0.154 e. The maximum atomic E-state index is 5.38. The molecule has 0 N–H and O–H groups in total. The van der Waals surface area contributed by atoms with Crippen LogP contribution in [0.1, 0.15) is 40.5 Å². The highest BCUT2D eigenvalue weighted by molar-refractivity contribution is 5.02. The molecule has 15 heavy (non-hydrogen) atoms. The number of allylic oxidation sites excluding steroid dienone is 3. The van der Waals surface area contributed by atoms with Crippen molar-refractivity contribution in [3.05, 3.63) is 23.3 Å². The molecule has 1 unspecified atom stereocenters. The lowest BCUT2D eigenvalue weighted by molar-refractivity contribution is -0.101. The average molecular weight is 212 g/mol. The van der Waals surface area contributed by atoms with Crippen LogP contribution in [0.3, 0.4) is 0 Å². The van der Waals surface area contributed by atoms with E-state index in [1.807, 2.05) is 6.92 Å². The lowest BCUT2D eigenvalue weighted by Crippen LogP contribution is -2.10. The van der Waals surface area contributed by atoms with Crippen LogP contribution in [0.25, 0.3) is 0 Å². The first-order valence-corrected chi connectivity index (χ1v) is 5.49. The van der Waals surface area contributed by atoms with E-state index in [0.29, 0.717) is 6.61 Å². The first kappa shape index (κ1) is 14.4. The zero-order valence-electron chi connectivity index (χ0n) is 10.7. The number of ether oxygens (including phenoxy) is 2. The standard InChI is InChI=1S/C13H24O2/c1-11(2)7-6-8-12(3)9-10-15-13(4)14-5/h7,9,13H,6,8,10H2,1-5H3/b12-9+. The minimum absolute atomic E-state index is 0.119. The summed E-state index contributed by atoms with van der Waals surface area (Å²) in [5.41, 5.74) is 2.75. The third kappa shape index (κ3) is 9.70. The first-order valence-electron chi connectivity index (χ1n) is 5.49. The molecule has 0 bridgehead atoms. The Balaban J connectivity index is 3.65. The van der Waals surface area contributed by atoms with Gasteiger partial charge in [0.25, 0.3) is 0 Å². The number of methoxy groups -OCH3 is 1. The van der Waals surface area contributed by atoms with Gasteiger partial charge in [-0.3, -0.25) is 0 Å². The van der Waals surface area contributed by atoms with E-state index in [-0.39, 0.29) is 6.29 Å². The molecule has 0 spiro atoms. The van der Waals surface area contributed by atoms with E-state index in [4.69, 9.17) is 9.47 Å². The molecule has 0 aliphatic rings. The van der Waals surface area contributed by atoms with Gasteiger partial charge in [-0.05, 0) is 40.5 Å². The Bertz CT molecular complexity index is 213. The number of hydrogen-bond donors (Lipinski definition) is 0. The Labute approximate surface area is 94.0 Å². The monoisotopic (exact) mass is 212 g/mol. The highest BCUT2D eigenvalue weighted by Gasteiger charge is 1.95. The van der Waals surface area contributed by atoms with Crippen LogP contribution in [0, 0.1) is 0 Å². The zero-order chi connectivity index (χ0) is 11.7. The van der Waals surface area contributed by atoms with Crippen molar-refractivity contribution in [3.63, 3.8) is 0 Å². The second kappa shape index (κ2) is 8.69. The van der Waals surface area contributed by atoms with Gasteiger partial charge in [0.2, 0.25) is 0 Å². The quantitative estimate of drug-likeness (QED) is 0.473. The zero-order valence-corrected chi connectivity index (χ0v) is 10.7. The molecular formula is C13H24O2. The number of hydrogen-bond acceptors (Lipinski definition) is 2. The summed E-state index contributed by atoms with van der Waals surface area (Å²) in [6, 6.07) is 0. The fourth-order valence-corrected chi connectivity index (χ4v) is 1.08. The van der Waals surface area contributed by atoms with Gasteiger partial charge in [0, 0.05) is 7.11 Å². The molecule has 0 aliphatic heterocycles. The van der Waals surface area contributed by atoms with Crippen molar-refractivity contribution in [2.24, 2.45) is 0 Å². The summed E-state index contributed by atoms with van der Waals surface area (Å²) >= 11 is 0. The third-order valence-electron chi connectivity index (χ3n) is 2.19. The van der Waals surface area contributed by atoms with E-state index in [1.54, 1.807) is 7.11 Å². The summed E-state index contributed by atoms with van der Waals surface area (Å²) in [6.07, 6.45) is 6.48. The molecule has 0 aromatic carbocycles. The predicted octanol–water partition coefficient (Wildman–Crippen LogP) is 3.69.